The number of morpholine rings is 1. The zero-order chi connectivity index (χ0) is 20.4. The fourth-order valence-corrected chi connectivity index (χ4v) is 4.01. The van der Waals surface area contributed by atoms with Crippen LogP contribution in [0.15, 0.2) is 4.99 Å². The molecule has 29 heavy (non-hydrogen) atoms. The summed E-state index contributed by atoms with van der Waals surface area (Å²) in [5.74, 6) is 2.12. The molecule has 2 heterocycles. The van der Waals surface area contributed by atoms with Crippen LogP contribution in [0.4, 0.5) is 0 Å². The smallest absolute Gasteiger partial charge is 0.191 e. The molecule has 2 saturated heterocycles. The highest BCUT2D eigenvalue weighted by Crippen LogP contribution is 2.12. The summed E-state index contributed by atoms with van der Waals surface area (Å²) in [6, 6.07) is 0.510. The topological polar surface area (TPSA) is 55.4 Å². The molecule has 2 unspecified atom stereocenters. The summed E-state index contributed by atoms with van der Waals surface area (Å²) in [7, 11) is 2.21. The molecule has 2 N–H and O–H groups in total. The Labute approximate surface area is 196 Å². The fourth-order valence-electron chi connectivity index (χ4n) is 4.01. The van der Waals surface area contributed by atoms with Crippen LogP contribution in [0.3, 0.4) is 0 Å². The van der Waals surface area contributed by atoms with Crippen molar-refractivity contribution in [2.24, 2.45) is 16.8 Å². The van der Waals surface area contributed by atoms with Gasteiger partial charge in [0.15, 0.2) is 5.96 Å². The van der Waals surface area contributed by atoms with Gasteiger partial charge in [0.1, 0.15) is 0 Å². The molecule has 0 aromatic heterocycles. The Kier molecular flexibility index (Phi) is 13.7. The first-order valence-electron chi connectivity index (χ1n) is 11.2. The number of hydrogen-bond acceptors (Lipinski definition) is 5. The summed E-state index contributed by atoms with van der Waals surface area (Å²) in [4.78, 5) is 12.4. The third-order valence-electron chi connectivity index (χ3n) is 5.83. The summed E-state index contributed by atoms with van der Waals surface area (Å²) in [5, 5.41) is 7.02. The molecule has 0 radical (unpaired) electrons. The first kappa shape index (κ1) is 26.9. The van der Waals surface area contributed by atoms with Gasteiger partial charge in [-0.05, 0) is 25.8 Å². The summed E-state index contributed by atoms with van der Waals surface area (Å²) < 4.78 is 5.52. The van der Waals surface area contributed by atoms with Gasteiger partial charge in [0.2, 0.25) is 0 Å². The molecule has 8 heteroatoms. The number of rotatable bonds is 9. The molecular weight excluding hydrogens is 479 g/mol. The van der Waals surface area contributed by atoms with Crippen LogP contribution in [0.25, 0.3) is 0 Å². The number of likely N-dealkylation sites (N-methyl/N-ethyl adjacent to an activating group) is 1. The molecule has 2 fully saturated rings. The Morgan fingerprint density at radius 1 is 1.00 bits per heavy atom. The van der Waals surface area contributed by atoms with Gasteiger partial charge in [0.25, 0.3) is 0 Å². The van der Waals surface area contributed by atoms with Gasteiger partial charge in [0.05, 0.1) is 13.2 Å². The first-order chi connectivity index (χ1) is 13.5. The summed E-state index contributed by atoms with van der Waals surface area (Å²) in [6.45, 7) is 21.4. The van der Waals surface area contributed by atoms with Gasteiger partial charge >= 0.3 is 0 Å². The highest BCUT2D eigenvalue weighted by atomic mass is 127. The number of guanidine groups is 1. The molecule has 0 amide bonds. The van der Waals surface area contributed by atoms with E-state index >= 15 is 0 Å². The molecule has 0 spiro atoms. The largest absolute Gasteiger partial charge is 0.379 e. The van der Waals surface area contributed by atoms with Crippen molar-refractivity contribution in [1.82, 2.24) is 25.3 Å². The molecule has 2 aliphatic rings. The molecule has 7 nitrogen and oxygen atoms in total. The Morgan fingerprint density at radius 3 is 2.24 bits per heavy atom. The maximum atomic E-state index is 5.52. The lowest BCUT2D eigenvalue weighted by molar-refractivity contribution is 0.00752. The van der Waals surface area contributed by atoms with E-state index in [0.717, 1.165) is 58.4 Å². The van der Waals surface area contributed by atoms with Crippen molar-refractivity contribution >= 4 is 29.9 Å². The zero-order valence-electron chi connectivity index (χ0n) is 19.3. The molecule has 2 rings (SSSR count). The quantitative estimate of drug-likeness (QED) is 0.270. The van der Waals surface area contributed by atoms with E-state index in [1.807, 2.05) is 0 Å². The Morgan fingerprint density at radius 2 is 1.66 bits per heavy atom. The number of nitrogens with zero attached hydrogens (tertiary/aromatic N) is 4. The zero-order valence-corrected chi connectivity index (χ0v) is 21.7. The van der Waals surface area contributed by atoms with Gasteiger partial charge in [-0.25, -0.2) is 0 Å². The Balaban J connectivity index is 0.00000420. The van der Waals surface area contributed by atoms with Crippen LogP contribution in [0.2, 0.25) is 0 Å². The number of hydrogen-bond donors (Lipinski definition) is 2. The maximum Gasteiger partial charge on any atom is 0.191 e. The summed E-state index contributed by atoms with van der Waals surface area (Å²) >= 11 is 0. The van der Waals surface area contributed by atoms with E-state index in [4.69, 9.17) is 9.73 Å². The van der Waals surface area contributed by atoms with Gasteiger partial charge in [-0.1, -0.05) is 20.8 Å². The number of piperazine rings is 1. The van der Waals surface area contributed by atoms with E-state index in [1.54, 1.807) is 0 Å². The van der Waals surface area contributed by atoms with Gasteiger partial charge in [-0.15, -0.1) is 24.0 Å². The van der Waals surface area contributed by atoms with E-state index in [9.17, 15) is 0 Å². The molecular formula is C21H45IN6O. The third-order valence-corrected chi connectivity index (χ3v) is 5.83. The van der Waals surface area contributed by atoms with Crippen LogP contribution in [-0.2, 0) is 4.74 Å². The van der Waals surface area contributed by atoms with Crippen LogP contribution >= 0.6 is 24.0 Å². The van der Waals surface area contributed by atoms with Crippen LogP contribution in [-0.4, -0.2) is 112 Å². The summed E-state index contributed by atoms with van der Waals surface area (Å²) in [5.41, 5.74) is 0. The van der Waals surface area contributed by atoms with Crippen LogP contribution < -0.4 is 10.6 Å². The highest BCUT2D eigenvalue weighted by molar-refractivity contribution is 14.0. The lowest BCUT2D eigenvalue weighted by Crippen LogP contribution is -2.52. The minimum atomic E-state index is 0. The second-order valence-electron chi connectivity index (χ2n) is 8.77. The molecule has 2 atom stereocenters. The van der Waals surface area contributed by atoms with Crippen molar-refractivity contribution in [3.8, 4) is 0 Å². The Bertz CT molecular complexity index is 450. The van der Waals surface area contributed by atoms with Crippen molar-refractivity contribution < 1.29 is 4.74 Å². The second-order valence-corrected chi connectivity index (χ2v) is 8.77. The number of ether oxygens (including phenoxy) is 1. The van der Waals surface area contributed by atoms with Crippen molar-refractivity contribution in [3.63, 3.8) is 0 Å². The lowest BCUT2D eigenvalue weighted by atomic mass is 10.0. The average molecular weight is 525 g/mol. The normalized spacial score (nSPS) is 22.2. The van der Waals surface area contributed by atoms with Gasteiger partial charge < -0.3 is 25.2 Å². The summed E-state index contributed by atoms with van der Waals surface area (Å²) in [6.07, 6.45) is 0. The van der Waals surface area contributed by atoms with Gasteiger partial charge in [0, 0.05) is 71.5 Å². The van der Waals surface area contributed by atoms with Crippen LogP contribution in [0, 0.1) is 11.8 Å². The van der Waals surface area contributed by atoms with Crippen molar-refractivity contribution in [2.75, 3.05) is 85.7 Å². The van der Waals surface area contributed by atoms with Crippen molar-refractivity contribution in [2.45, 2.75) is 33.7 Å². The van der Waals surface area contributed by atoms with Gasteiger partial charge in [-0.2, -0.15) is 0 Å². The molecule has 2 aliphatic heterocycles. The van der Waals surface area contributed by atoms with E-state index in [0.29, 0.717) is 17.9 Å². The standard InChI is InChI=1S/C21H44N6O.HI/c1-6-22-21(23-15-19(4)17-26-9-7-25(5)8-10-26)24-16-20(18(2)3)27-11-13-28-14-12-27;/h18-20H,6-17H2,1-5H3,(H2,22,23,24);1H. The maximum absolute atomic E-state index is 5.52. The third kappa shape index (κ3) is 10.1. The van der Waals surface area contributed by atoms with Crippen LogP contribution in [0.5, 0.6) is 0 Å². The van der Waals surface area contributed by atoms with Gasteiger partial charge in [-0.3, -0.25) is 9.89 Å². The van der Waals surface area contributed by atoms with Crippen molar-refractivity contribution in [1.29, 1.82) is 0 Å². The number of halogens is 1. The monoisotopic (exact) mass is 524 g/mol. The number of nitrogens with one attached hydrogen (secondary N) is 2. The van der Waals surface area contributed by atoms with E-state index in [-0.39, 0.29) is 24.0 Å². The SMILES string of the molecule is CCNC(=NCC(C)CN1CCN(C)CC1)NCC(C(C)C)N1CCOCC1.I. The second kappa shape index (κ2) is 14.8. The fraction of sp³-hybridized carbons (Fsp3) is 0.952. The predicted molar refractivity (Wildman–Crippen MR) is 134 cm³/mol. The molecule has 0 aliphatic carbocycles. The Hall–Kier alpha value is -0.160. The van der Waals surface area contributed by atoms with Crippen molar-refractivity contribution in [3.05, 3.63) is 0 Å². The average Bonchev–Trinajstić information content (AvgIpc) is 2.68. The first-order valence-corrected chi connectivity index (χ1v) is 11.2. The molecule has 0 saturated carbocycles. The minimum Gasteiger partial charge on any atom is -0.379 e. The minimum absolute atomic E-state index is 0. The molecule has 0 aromatic carbocycles. The van der Waals surface area contributed by atoms with E-state index in [2.05, 4.69) is 60.1 Å². The molecule has 0 aromatic rings. The highest BCUT2D eigenvalue weighted by Gasteiger charge is 2.24. The van der Waals surface area contributed by atoms with E-state index in [1.165, 1.54) is 26.2 Å². The molecule has 172 valence electrons. The van der Waals surface area contributed by atoms with E-state index < -0.39 is 0 Å². The molecule has 0 bridgehead atoms. The van der Waals surface area contributed by atoms with Crippen LogP contribution in [0.1, 0.15) is 27.7 Å². The lowest BCUT2D eigenvalue weighted by Gasteiger charge is -2.37. The number of aliphatic imine (C=N–C) groups is 1. The predicted octanol–water partition coefficient (Wildman–Crippen LogP) is 1.40.